The number of thiazole rings is 1. The molecule has 4 heterocycles. The molecule has 0 unspecified atom stereocenters. The van der Waals surface area contributed by atoms with Crippen LogP contribution in [0.25, 0.3) is 15.7 Å². The number of carboxylic acid groups (broad SMARTS) is 1. The van der Waals surface area contributed by atoms with Crippen molar-refractivity contribution in [3.05, 3.63) is 38.7 Å². The zero-order valence-electron chi connectivity index (χ0n) is 17.3. The molecule has 5 rings (SSSR count). The molecule has 0 aliphatic carbocycles. The molecule has 2 aromatic heterocycles. The topological polar surface area (TPSA) is 68.5 Å². The molecule has 0 saturated carbocycles. The lowest BCUT2D eigenvalue weighted by Gasteiger charge is -2.45. The Morgan fingerprint density at radius 1 is 1.20 bits per heavy atom. The summed E-state index contributed by atoms with van der Waals surface area (Å²) in [6.07, 6.45) is 0. The smallest absolute Gasteiger partial charge is 0.342 e. The largest absolute Gasteiger partial charge is 0.477 e. The van der Waals surface area contributed by atoms with Crippen LogP contribution in [0.5, 0.6) is 0 Å². The number of aromatic carboxylic acids is 1. The van der Waals surface area contributed by atoms with Gasteiger partial charge in [-0.05, 0) is 27.0 Å². The second kappa shape index (κ2) is 6.42. The Bertz CT molecular complexity index is 1270. The molecule has 1 aromatic carbocycles. The van der Waals surface area contributed by atoms with Gasteiger partial charge in [-0.2, -0.15) is 0 Å². The van der Waals surface area contributed by atoms with E-state index in [2.05, 4.69) is 30.7 Å². The highest BCUT2D eigenvalue weighted by molar-refractivity contribution is 7.16. The van der Waals surface area contributed by atoms with Gasteiger partial charge in [-0.15, -0.1) is 11.3 Å². The monoisotopic (exact) mass is 430 g/mol. The summed E-state index contributed by atoms with van der Waals surface area (Å²) in [6.45, 7) is 6.10. The maximum atomic E-state index is 15.6. The first-order valence-corrected chi connectivity index (χ1v) is 10.8. The lowest BCUT2D eigenvalue weighted by Crippen LogP contribution is -2.55. The first-order valence-electron chi connectivity index (χ1n) is 9.93. The first kappa shape index (κ1) is 19.3. The highest BCUT2D eigenvalue weighted by Crippen LogP contribution is 2.43. The fourth-order valence-electron chi connectivity index (χ4n) is 4.89. The number of piperazine rings is 1. The maximum Gasteiger partial charge on any atom is 0.342 e. The number of hydrogen-bond acceptors (Lipinski definition) is 6. The van der Waals surface area contributed by atoms with E-state index in [0.29, 0.717) is 41.4 Å². The van der Waals surface area contributed by atoms with Crippen LogP contribution in [0.4, 0.5) is 15.8 Å². The van der Waals surface area contributed by atoms with Gasteiger partial charge in [0.25, 0.3) is 0 Å². The van der Waals surface area contributed by atoms with Crippen molar-refractivity contribution in [3.63, 3.8) is 0 Å². The van der Waals surface area contributed by atoms with Crippen LogP contribution in [0.15, 0.2) is 16.2 Å². The average Bonchev–Trinajstić information content (AvgIpc) is 3.08. The van der Waals surface area contributed by atoms with Crippen molar-refractivity contribution >= 4 is 44.4 Å². The van der Waals surface area contributed by atoms with Crippen LogP contribution in [-0.2, 0) is 6.54 Å². The van der Waals surface area contributed by atoms with Crippen LogP contribution in [-0.4, -0.2) is 59.6 Å². The summed E-state index contributed by atoms with van der Waals surface area (Å²) in [6, 6.07) is 1.72. The van der Waals surface area contributed by atoms with E-state index < -0.39 is 17.2 Å². The number of carbonyl (C=O) groups is 1. The minimum absolute atomic E-state index is 0.113. The summed E-state index contributed by atoms with van der Waals surface area (Å²) in [7, 11) is 3.97. The summed E-state index contributed by atoms with van der Waals surface area (Å²) in [5, 5.41) is 11.7. The predicted molar refractivity (Wildman–Crippen MR) is 117 cm³/mol. The third-order valence-electron chi connectivity index (χ3n) is 6.58. The van der Waals surface area contributed by atoms with Gasteiger partial charge in [0, 0.05) is 37.6 Å². The molecule has 0 bridgehead atoms. The van der Waals surface area contributed by atoms with Gasteiger partial charge in [-0.3, -0.25) is 14.1 Å². The number of benzene rings is 1. The number of anilines is 2. The van der Waals surface area contributed by atoms with E-state index in [1.807, 2.05) is 21.7 Å². The van der Waals surface area contributed by atoms with Crippen molar-refractivity contribution in [3.8, 4) is 0 Å². The number of nitrogens with zero attached hydrogens (tertiary/aromatic N) is 4. The Kier molecular flexibility index (Phi) is 4.14. The molecular formula is C21H23FN4O3S. The van der Waals surface area contributed by atoms with Gasteiger partial charge >= 0.3 is 5.97 Å². The Labute approximate surface area is 176 Å². The van der Waals surface area contributed by atoms with Gasteiger partial charge in [-0.25, -0.2) is 9.18 Å². The quantitative estimate of drug-likeness (QED) is 0.674. The summed E-state index contributed by atoms with van der Waals surface area (Å²) < 4.78 is 17.4. The molecule has 2 atom stereocenters. The molecule has 0 radical (unpaired) electrons. The summed E-state index contributed by atoms with van der Waals surface area (Å²) in [4.78, 5) is 31.6. The molecule has 2 aliphatic heterocycles. The Morgan fingerprint density at radius 2 is 1.87 bits per heavy atom. The lowest BCUT2D eigenvalue weighted by molar-refractivity contribution is 0.0697. The van der Waals surface area contributed by atoms with Crippen LogP contribution in [0.1, 0.15) is 29.9 Å². The fraction of sp³-hybridized carbons (Fsp3) is 0.429. The standard InChI is InChI=1S/C21H23FN4O3S/c1-10-6-25(7-11(2)24(10)4)17-14(22)5-13-16-18(17)23(3)8-12-9-30-20(26(12)16)15(19(13)27)21(28)29/h5,9-11H,6-8H2,1-4H3,(H,28,29)/t10-,11+. The van der Waals surface area contributed by atoms with E-state index >= 15 is 4.39 Å². The highest BCUT2D eigenvalue weighted by Gasteiger charge is 2.34. The van der Waals surface area contributed by atoms with Gasteiger partial charge < -0.3 is 14.9 Å². The first-order chi connectivity index (χ1) is 14.2. The third-order valence-corrected chi connectivity index (χ3v) is 7.58. The van der Waals surface area contributed by atoms with E-state index in [-0.39, 0.29) is 23.0 Å². The minimum Gasteiger partial charge on any atom is -0.477 e. The van der Waals surface area contributed by atoms with Crippen molar-refractivity contribution < 1.29 is 14.3 Å². The maximum absolute atomic E-state index is 15.6. The van der Waals surface area contributed by atoms with Gasteiger partial charge in [0.2, 0.25) is 5.43 Å². The molecule has 2 aliphatic rings. The number of pyridine rings is 1. The Balaban J connectivity index is 1.88. The summed E-state index contributed by atoms with van der Waals surface area (Å²) in [5.41, 5.74) is 1.72. The molecule has 7 nitrogen and oxygen atoms in total. The molecule has 30 heavy (non-hydrogen) atoms. The number of aromatic nitrogens is 1. The Morgan fingerprint density at radius 3 is 2.50 bits per heavy atom. The number of hydrogen-bond donors (Lipinski definition) is 1. The van der Waals surface area contributed by atoms with E-state index in [9.17, 15) is 14.7 Å². The second-order valence-corrected chi connectivity index (χ2v) is 9.31. The molecule has 0 spiro atoms. The van der Waals surface area contributed by atoms with Crippen molar-refractivity contribution in [2.75, 3.05) is 37.0 Å². The predicted octanol–water partition coefficient (Wildman–Crippen LogP) is 2.83. The molecule has 158 valence electrons. The van der Waals surface area contributed by atoms with Crippen LogP contribution >= 0.6 is 11.3 Å². The highest BCUT2D eigenvalue weighted by atomic mass is 32.1. The van der Waals surface area contributed by atoms with Crippen molar-refractivity contribution in [1.29, 1.82) is 0 Å². The van der Waals surface area contributed by atoms with Crippen LogP contribution in [0.2, 0.25) is 0 Å². The van der Waals surface area contributed by atoms with E-state index in [0.717, 1.165) is 5.69 Å². The molecular weight excluding hydrogens is 407 g/mol. The molecule has 1 fully saturated rings. The van der Waals surface area contributed by atoms with Crippen molar-refractivity contribution in [1.82, 2.24) is 9.30 Å². The van der Waals surface area contributed by atoms with Crippen molar-refractivity contribution in [2.45, 2.75) is 32.5 Å². The van der Waals surface area contributed by atoms with Crippen LogP contribution < -0.4 is 15.2 Å². The van der Waals surface area contributed by atoms with E-state index in [1.165, 1.54) is 17.4 Å². The normalized spacial score (nSPS) is 21.9. The lowest BCUT2D eigenvalue weighted by atomic mass is 10.0. The number of halogens is 1. The van der Waals surface area contributed by atoms with Gasteiger partial charge in [-0.1, -0.05) is 0 Å². The second-order valence-electron chi connectivity index (χ2n) is 8.45. The van der Waals surface area contributed by atoms with Crippen molar-refractivity contribution in [2.24, 2.45) is 0 Å². The summed E-state index contributed by atoms with van der Waals surface area (Å²) in [5.74, 6) is -1.77. The zero-order chi connectivity index (χ0) is 21.5. The zero-order valence-corrected chi connectivity index (χ0v) is 18.1. The average molecular weight is 431 g/mol. The molecule has 9 heteroatoms. The van der Waals surface area contributed by atoms with Gasteiger partial charge in [0.15, 0.2) is 0 Å². The number of rotatable bonds is 2. The molecule has 0 amide bonds. The molecule has 1 saturated heterocycles. The third kappa shape index (κ3) is 2.45. The minimum atomic E-state index is -1.28. The van der Waals surface area contributed by atoms with Crippen LogP contribution in [0, 0.1) is 5.82 Å². The molecule has 3 aromatic rings. The van der Waals surface area contributed by atoms with Gasteiger partial charge in [0.05, 0.1) is 34.5 Å². The number of likely N-dealkylation sites (N-methyl/N-ethyl adjacent to an activating group) is 1. The van der Waals surface area contributed by atoms with Crippen LogP contribution in [0.3, 0.4) is 0 Å². The van der Waals surface area contributed by atoms with E-state index in [1.54, 1.807) is 0 Å². The number of carboxylic acids is 1. The molecule has 1 N–H and O–H groups in total. The van der Waals surface area contributed by atoms with E-state index in [4.69, 9.17) is 0 Å². The fourth-order valence-corrected chi connectivity index (χ4v) is 5.93. The van der Waals surface area contributed by atoms with Gasteiger partial charge in [0.1, 0.15) is 16.2 Å². The Hall–Kier alpha value is -2.65. The SMILES string of the molecule is C[C@@H]1CN(c2c(F)cc3c(=O)c(C(=O)O)c4scc5n4c3c2N(C)C5)C[C@H](C)N1C. The summed E-state index contributed by atoms with van der Waals surface area (Å²) >= 11 is 1.25.